The van der Waals surface area contributed by atoms with Crippen LogP contribution in [-0.4, -0.2) is 57.6 Å². The smallest absolute Gasteiger partial charge is 0.322 e. The number of likely N-dealkylation sites (tertiary alicyclic amines) is 1. The van der Waals surface area contributed by atoms with Gasteiger partial charge in [0.2, 0.25) is 0 Å². The van der Waals surface area contributed by atoms with E-state index in [1.165, 1.54) is 35.1 Å². The van der Waals surface area contributed by atoms with E-state index < -0.39 is 0 Å². The van der Waals surface area contributed by atoms with Crippen molar-refractivity contribution in [3.05, 3.63) is 53.3 Å². The van der Waals surface area contributed by atoms with E-state index in [1.807, 2.05) is 4.90 Å². The van der Waals surface area contributed by atoms with Crippen molar-refractivity contribution < 1.29 is 9.59 Å². The maximum absolute atomic E-state index is 12.7. The first kappa shape index (κ1) is 18.9. The molecule has 0 spiro atoms. The number of aryl methyl sites for hydroxylation is 1. The minimum atomic E-state index is -0.119. The number of aromatic nitrogens is 2. The number of benzene rings is 1. The van der Waals surface area contributed by atoms with Gasteiger partial charge in [-0.05, 0) is 51.1 Å². The van der Waals surface area contributed by atoms with Crippen molar-refractivity contribution in [2.45, 2.75) is 39.3 Å². The van der Waals surface area contributed by atoms with Gasteiger partial charge in [-0.1, -0.05) is 29.8 Å². The fourth-order valence-corrected chi connectivity index (χ4v) is 4.65. The number of rotatable bonds is 4. The Bertz CT molecular complexity index is 859. The van der Waals surface area contributed by atoms with Gasteiger partial charge in [-0.25, -0.2) is 4.79 Å². The Morgan fingerprint density at radius 1 is 1.14 bits per heavy atom. The Hall–Kier alpha value is -2.47. The fraction of sp³-hybridized carbons (Fsp3) is 0.500. The van der Waals surface area contributed by atoms with Crippen LogP contribution in [0.5, 0.6) is 0 Å². The summed E-state index contributed by atoms with van der Waals surface area (Å²) in [6.07, 6.45) is 5.27. The summed E-state index contributed by atoms with van der Waals surface area (Å²) in [5.74, 6) is 1.03. The van der Waals surface area contributed by atoms with Gasteiger partial charge in [-0.2, -0.15) is 9.78 Å². The van der Waals surface area contributed by atoms with E-state index in [4.69, 9.17) is 0 Å². The van der Waals surface area contributed by atoms with Crippen LogP contribution in [0.25, 0.3) is 0 Å². The third kappa shape index (κ3) is 3.74. The van der Waals surface area contributed by atoms with Gasteiger partial charge in [0.15, 0.2) is 5.78 Å². The normalized spacial score (nSPS) is 24.0. The number of nitrogens with zero attached hydrogens (tertiary/aromatic N) is 4. The van der Waals surface area contributed by atoms with Crippen LogP contribution in [-0.2, 0) is 6.54 Å². The molecule has 6 nitrogen and oxygen atoms in total. The van der Waals surface area contributed by atoms with Crippen LogP contribution in [0.4, 0.5) is 4.79 Å². The van der Waals surface area contributed by atoms with Crippen LogP contribution >= 0.6 is 0 Å². The van der Waals surface area contributed by atoms with Crippen LogP contribution in [0.1, 0.15) is 41.3 Å². The topological polar surface area (TPSA) is 58.4 Å². The third-order valence-electron chi connectivity index (χ3n) is 6.36. The van der Waals surface area contributed by atoms with Gasteiger partial charge in [-0.3, -0.25) is 9.69 Å². The number of hydrogen-bond acceptors (Lipinski definition) is 4. The molecule has 1 saturated heterocycles. The summed E-state index contributed by atoms with van der Waals surface area (Å²) >= 11 is 0. The highest BCUT2D eigenvalue weighted by atomic mass is 16.2. The molecule has 2 fully saturated rings. The van der Waals surface area contributed by atoms with Crippen LogP contribution in [0.3, 0.4) is 0 Å². The van der Waals surface area contributed by atoms with Crippen molar-refractivity contribution >= 4 is 11.8 Å². The van der Waals surface area contributed by atoms with Crippen LogP contribution in [0.2, 0.25) is 0 Å². The molecule has 1 aliphatic heterocycles. The van der Waals surface area contributed by atoms with Gasteiger partial charge in [0.05, 0.1) is 11.8 Å². The predicted molar refractivity (Wildman–Crippen MR) is 107 cm³/mol. The van der Waals surface area contributed by atoms with Crippen molar-refractivity contribution in [3.63, 3.8) is 0 Å². The number of carbonyl (C=O) groups is 2. The SMILES string of the molecule is CC(=O)c1cnn(C(=O)N2C[C@H]3CC(N(C)Cc4ccc(C)cc4)C[C@H]3C2)c1. The Morgan fingerprint density at radius 3 is 2.36 bits per heavy atom. The number of ketones is 1. The highest BCUT2D eigenvalue weighted by Crippen LogP contribution is 2.40. The molecule has 1 aliphatic carbocycles. The second-order valence-corrected chi connectivity index (χ2v) is 8.46. The first-order chi connectivity index (χ1) is 13.4. The number of Topliss-reactive ketones (excluding diaryl/α,β-unsaturated/α-hetero) is 1. The maximum Gasteiger partial charge on any atom is 0.344 e. The van der Waals surface area contributed by atoms with Gasteiger partial charge in [-0.15, -0.1) is 0 Å². The number of carbonyl (C=O) groups excluding carboxylic acids is 2. The van der Waals surface area contributed by atoms with Crippen molar-refractivity contribution in [3.8, 4) is 0 Å². The lowest BCUT2D eigenvalue weighted by Gasteiger charge is -2.26. The summed E-state index contributed by atoms with van der Waals surface area (Å²) in [5, 5.41) is 4.07. The molecule has 1 amide bonds. The zero-order valence-electron chi connectivity index (χ0n) is 16.8. The molecule has 0 radical (unpaired) electrons. The molecule has 1 unspecified atom stereocenters. The largest absolute Gasteiger partial charge is 0.344 e. The molecule has 4 rings (SSSR count). The highest BCUT2D eigenvalue weighted by molar-refractivity contribution is 5.94. The lowest BCUT2D eigenvalue weighted by Crippen LogP contribution is -2.36. The lowest BCUT2D eigenvalue weighted by molar-refractivity contribution is 0.101. The minimum absolute atomic E-state index is 0.0724. The van der Waals surface area contributed by atoms with E-state index in [1.54, 1.807) is 0 Å². The van der Waals surface area contributed by atoms with E-state index in [0.29, 0.717) is 23.4 Å². The lowest BCUT2D eigenvalue weighted by atomic mass is 10.0. The Morgan fingerprint density at radius 2 is 1.79 bits per heavy atom. The zero-order valence-corrected chi connectivity index (χ0v) is 16.8. The summed E-state index contributed by atoms with van der Waals surface area (Å²) in [5.41, 5.74) is 3.12. The molecule has 6 heteroatoms. The molecule has 1 saturated carbocycles. The Kier molecular flexibility index (Phi) is 5.06. The number of amides is 1. The Balaban J connectivity index is 1.33. The minimum Gasteiger partial charge on any atom is -0.322 e. The fourth-order valence-electron chi connectivity index (χ4n) is 4.65. The summed E-state index contributed by atoms with van der Waals surface area (Å²) in [4.78, 5) is 28.5. The molecule has 2 aromatic rings. The van der Waals surface area contributed by atoms with Crippen molar-refractivity contribution in [1.82, 2.24) is 19.6 Å². The van der Waals surface area contributed by atoms with Gasteiger partial charge in [0, 0.05) is 31.9 Å². The highest BCUT2D eigenvalue weighted by Gasteiger charge is 2.43. The van der Waals surface area contributed by atoms with E-state index >= 15 is 0 Å². The quantitative estimate of drug-likeness (QED) is 0.765. The molecule has 1 aromatic heterocycles. The number of fused-ring (bicyclic) bond motifs is 1. The van der Waals surface area contributed by atoms with E-state index in [0.717, 1.165) is 32.5 Å². The summed E-state index contributed by atoms with van der Waals surface area (Å²) < 4.78 is 1.30. The molecule has 28 heavy (non-hydrogen) atoms. The zero-order chi connectivity index (χ0) is 19.8. The molecule has 0 N–H and O–H groups in total. The monoisotopic (exact) mass is 380 g/mol. The van der Waals surface area contributed by atoms with Crippen molar-refractivity contribution in [2.75, 3.05) is 20.1 Å². The second kappa shape index (κ2) is 7.51. The van der Waals surface area contributed by atoms with Crippen LogP contribution < -0.4 is 0 Å². The first-order valence-electron chi connectivity index (χ1n) is 10.0. The standard InChI is InChI=1S/C22H28N4O2/c1-15-4-6-17(7-5-15)11-24(3)21-8-18-12-25(13-19(18)9-21)22(28)26-14-20(10-23-26)16(2)27/h4-7,10,14,18-19,21H,8-9,11-13H2,1-3H3/t18-,19+,21?. The van der Waals surface area contributed by atoms with E-state index in [9.17, 15) is 9.59 Å². The average Bonchev–Trinajstić information content (AvgIpc) is 3.37. The average molecular weight is 380 g/mol. The third-order valence-corrected chi connectivity index (χ3v) is 6.36. The number of hydrogen-bond donors (Lipinski definition) is 0. The molecule has 2 aliphatic rings. The van der Waals surface area contributed by atoms with Crippen LogP contribution in [0.15, 0.2) is 36.7 Å². The van der Waals surface area contributed by atoms with Gasteiger partial charge in [0.25, 0.3) is 0 Å². The van der Waals surface area contributed by atoms with Crippen LogP contribution in [0, 0.1) is 18.8 Å². The molecule has 148 valence electrons. The molecular weight excluding hydrogens is 352 g/mol. The van der Waals surface area contributed by atoms with Gasteiger partial charge in [0.1, 0.15) is 0 Å². The molecular formula is C22H28N4O2. The molecule has 1 aromatic carbocycles. The molecule has 0 bridgehead atoms. The Labute approximate surface area is 166 Å². The van der Waals surface area contributed by atoms with Crippen molar-refractivity contribution in [2.24, 2.45) is 11.8 Å². The van der Waals surface area contributed by atoms with Crippen molar-refractivity contribution in [1.29, 1.82) is 0 Å². The van der Waals surface area contributed by atoms with Gasteiger partial charge >= 0.3 is 6.03 Å². The van der Waals surface area contributed by atoms with E-state index in [-0.39, 0.29) is 11.8 Å². The summed E-state index contributed by atoms with van der Waals surface area (Å²) in [7, 11) is 2.21. The second-order valence-electron chi connectivity index (χ2n) is 8.46. The molecule has 2 heterocycles. The maximum atomic E-state index is 12.7. The summed E-state index contributed by atoms with van der Waals surface area (Å²) in [6.45, 7) is 6.14. The first-order valence-corrected chi connectivity index (χ1v) is 10.0. The van der Waals surface area contributed by atoms with Gasteiger partial charge < -0.3 is 4.90 Å². The van der Waals surface area contributed by atoms with E-state index in [2.05, 4.69) is 48.2 Å². The predicted octanol–water partition coefficient (Wildman–Crippen LogP) is 3.20. The molecule has 3 atom stereocenters. The summed E-state index contributed by atoms with van der Waals surface area (Å²) in [6, 6.07) is 9.21.